The smallest absolute Gasteiger partial charge is 0.391 e. The molecule has 0 saturated heterocycles. The first-order valence-electron chi connectivity index (χ1n) is 5.29. The monoisotopic (exact) mass is 248 g/mol. The van der Waals surface area contributed by atoms with Crippen LogP contribution in [0.1, 0.15) is 25.0 Å². The van der Waals surface area contributed by atoms with Crippen LogP contribution in [0, 0.1) is 0 Å². The number of rotatable bonds is 5. The van der Waals surface area contributed by atoms with E-state index in [-0.39, 0.29) is 0 Å². The van der Waals surface area contributed by atoms with Crippen molar-refractivity contribution in [2.24, 2.45) is 0 Å². The van der Waals surface area contributed by atoms with Crippen LogP contribution in [0.2, 0.25) is 0 Å². The van der Waals surface area contributed by atoms with Crippen LogP contribution in [0.3, 0.4) is 0 Å². The molecule has 0 fully saturated rings. The Morgan fingerprint density at radius 1 is 1.24 bits per heavy atom. The third kappa shape index (κ3) is 4.26. The average molecular weight is 248 g/mol. The highest BCUT2D eigenvalue weighted by molar-refractivity contribution is 5.35. The third-order valence-corrected chi connectivity index (χ3v) is 2.27. The third-order valence-electron chi connectivity index (χ3n) is 2.27. The lowest BCUT2D eigenvalue weighted by Gasteiger charge is -2.20. The van der Waals surface area contributed by atoms with Gasteiger partial charge in [0, 0.05) is 12.7 Å². The van der Waals surface area contributed by atoms with Crippen molar-refractivity contribution in [3.05, 3.63) is 29.8 Å². The summed E-state index contributed by atoms with van der Waals surface area (Å²) in [6.45, 7) is 2.18. The molecule has 1 aromatic carbocycles. The largest absolute Gasteiger partial charge is 0.493 e. The molecule has 0 heterocycles. The van der Waals surface area contributed by atoms with E-state index in [1.807, 2.05) is 0 Å². The van der Waals surface area contributed by atoms with E-state index in [9.17, 15) is 13.2 Å². The van der Waals surface area contributed by atoms with Crippen molar-refractivity contribution < 1.29 is 22.6 Å². The zero-order chi connectivity index (χ0) is 12.9. The molecule has 2 nitrogen and oxygen atoms in total. The summed E-state index contributed by atoms with van der Waals surface area (Å²) in [6, 6.07) is 6.61. The summed E-state index contributed by atoms with van der Waals surface area (Å²) >= 11 is 0. The first-order chi connectivity index (χ1) is 7.98. The molecule has 17 heavy (non-hydrogen) atoms. The zero-order valence-corrected chi connectivity index (χ0v) is 9.75. The number of ether oxygens (including phenoxy) is 2. The molecule has 1 atom stereocenters. The Kier molecular flexibility index (Phi) is 4.81. The first-order valence-corrected chi connectivity index (χ1v) is 5.29. The molecule has 1 unspecified atom stereocenters. The van der Waals surface area contributed by atoms with Crippen LogP contribution in [-0.4, -0.2) is 19.9 Å². The Hall–Kier alpha value is -1.23. The van der Waals surface area contributed by atoms with Gasteiger partial charge in [0.05, 0.1) is 19.1 Å². The molecule has 5 heteroatoms. The van der Waals surface area contributed by atoms with Crippen LogP contribution in [0.5, 0.6) is 5.75 Å². The molecule has 0 aromatic heterocycles. The number of hydrogen-bond donors (Lipinski definition) is 0. The molecular formula is C12H15F3O2. The van der Waals surface area contributed by atoms with Gasteiger partial charge in [0.1, 0.15) is 5.75 Å². The number of halogens is 3. The molecule has 0 bridgehead atoms. The highest BCUT2D eigenvalue weighted by Gasteiger charge is 2.33. The van der Waals surface area contributed by atoms with E-state index in [0.29, 0.717) is 17.9 Å². The van der Waals surface area contributed by atoms with E-state index in [1.54, 1.807) is 31.2 Å². The van der Waals surface area contributed by atoms with Gasteiger partial charge in [-0.3, -0.25) is 0 Å². The number of alkyl halides is 3. The highest BCUT2D eigenvalue weighted by atomic mass is 19.4. The first kappa shape index (κ1) is 13.8. The van der Waals surface area contributed by atoms with Gasteiger partial charge < -0.3 is 9.47 Å². The Bertz CT molecular complexity index is 350. The summed E-state index contributed by atoms with van der Waals surface area (Å²) in [6.07, 6.45) is -6.31. The second kappa shape index (κ2) is 5.91. The standard InChI is InChI=1S/C12H15F3O2/c1-3-17-10-7-5-4-6-9(10)11(16-2)8-12(13,14)15/h4-7,11H,3,8H2,1-2H3. The molecule has 0 spiro atoms. The van der Waals surface area contributed by atoms with Crippen LogP contribution in [0.4, 0.5) is 13.2 Å². The van der Waals surface area contributed by atoms with E-state index < -0.39 is 18.7 Å². The quantitative estimate of drug-likeness (QED) is 0.790. The summed E-state index contributed by atoms with van der Waals surface area (Å²) < 4.78 is 47.3. The van der Waals surface area contributed by atoms with Crippen molar-refractivity contribution >= 4 is 0 Å². The second-order valence-electron chi connectivity index (χ2n) is 3.51. The minimum absolute atomic E-state index is 0.402. The fourth-order valence-corrected chi connectivity index (χ4v) is 1.56. The maximum absolute atomic E-state index is 12.4. The van der Waals surface area contributed by atoms with Gasteiger partial charge in [-0.25, -0.2) is 0 Å². The van der Waals surface area contributed by atoms with Gasteiger partial charge in [0.15, 0.2) is 0 Å². The summed E-state index contributed by atoms with van der Waals surface area (Å²) in [7, 11) is 1.26. The predicted molar refractivity (Wildman–Crippen MR) is 58.0 cm³/mol. The molecular weight excluding hydrogens is 233 g/mol. The zero-order valence-electron chi connectivity index (χ0n) is 9.75. The number of benzene rings is 1. The maximum Gasteiger partial charge on any atom is 0.391 e. The van der Waals surface area contributed by atoms with Crippen LogP contribution >= 0.6 is 0 Å². The summed E-state index contributed by atoms with van der Waals surface area (Å²) in [4.78, 5) is 0. The van der Waals surface area contributed by atoms with E-state index in [4.69, 9.17) is 9.47 Å². The van der Waals surface area contributed by atoms with Crippen LogP contribution in [-0.2, 0) is 4.74 Å². The molecule has 0 saturated carbocycles. The van der Waals surface area contributed by atoms with Gasteiger partial charge in [-0.1, -0.05) is 18.2 Å². The lowest BCUT2D eigenvalue weighted by Crippen LogP contribution is -2.16. The topological polar surface area (TPSA) is 18.5 Å². The molecule has 0 aliphatic heterocycles. The van der Waals surface area contributed by atoms with Crippen LogP contribution in [0.25, 0.3) is 0 Å². The Balaban J connectivity index is 2.94. The lowest BCUT2D eigenvalue weighted by molar-refractivity contribution is -0.158. The SMILES string of the molecule is CCOc1ccccc1C(CC(F)(F)F)OC. The Morgan fingerprint density at radius 3 is 2.41 bits per heavy atom. The normalized spacial score (nSPS) is 13.5. The minimum Gasteiger partial charge on any atom is -0.493 e. The molecule has 0 N–H and O–H groups in total. The molecule has 0 aliphatic rings. The molecule has 1 aromatic rings. The van der Waals surface area contributed by atoms with Gasteiger partial charge in [-0.2, -0.15) is 13.2 Å². The summed E-state index contributed by atoms with van der Waals surface area (Å²) in [5, 5.41) is 0. The van der Waals surface area contributed by atoms with Crippen LogP contribution in [0.15, 0.2) is 24.3 Å². The van der Waals surface area contributed by atoms with Crippen molar-refractivity contribution in [3.63, 3.8) is 0 Å². The highest BCUT2D eigenvalue weighted by Crippen LogP contribution is 2.35. The lowest BCUT2D eigenvalue weighted by atomic mass is 10.1. The van der Waals surface area contributed by atoms with Crippen molar-refractivity contribution in [3.8, 4) is 5.75 Å². The van der Waals surface area contributed by atoms with Crippen LogP contribution < -0.4 is 4.74 Å². The minimum atomic E-state index is -4.26. The van der Waals surface area contributed by atoms with Crippen molar-refractivity contribution in [2.75, 3.05) is 13.7 Å². The average Bonchev–Trinajstić information content (AvgIpc) is 2.26. The van der Waals surface area contributed by atoms with E-state index >= 15 is 0 Å². The molecule has 0 amide bonds. The van der Waals surface area contributed by atoms with Crippen molar-refractivity contribution in [1.29, 1.82) is 0 Å². The molecule has 0 radical (unpaired) electrons. The van der Waals surface area contributed by atoms with E-state index in [1.165, 1.54) is 7.11 Å². The fourth-order valence-electron chi connectivity index (χ4n) is 1.56. The number of methoxy groups -OCH3 is 1. The Labute approximate surface area is 98.3 Å². The van der Waals surface area contributed by atoms with E-state index in [0.717, 1.165) is 0 Å². The van der Waals surface area contributed by atoms with E-state index in [2.05, 4.69) is 0 Å². The molecule has 0 aliphatic carbocycles. The maximum atomic E-state index is 12.4. The predicted octanol–water partition coefficient (Wildman–Crippen LogP) is 3.73. The van der Waals surface area contributed by atoms with Gasteiger partial charge in [0.25, 0.3) is 0 Å². The molecule has 1 rings (SSSR count). The number of para-hydroxylation sites is 1. The van der Waals surface area contributed by atoms with Gasteiger partial charge >= 0.3 is 6.18 Å². The van der Waals surface area contributed by atoms with Gasteiger partial charge in [-0.15, -0.1) is 0 Å². The fraction of sp³-hybridized carbons (Fsp3) is 0.500. The van der Waals surface area contributed by atoms with Crippen molar-refractivity contribution in [1.82, 2.24) is 0 Å². The van der Waals surface area contributed by atoms with Gasteiger partial charge in [-0.05, 0) is 13.0 Å². The van der Waals surface area contributed by atoms with Gasteiger partial charge in [0.2, 0.25) is 0 Å². The summed E-state index contributed by atoms with van der Waals surface area (Å²) in [5.74, 6) is 0.436. The second-order valence-corrected chi connectivity index (χ2v) is 3.51. The molecule has 96 valence electrons. The van der Waals surface area contributed by atoms with Crippen molar-refractivity contribution in [2.45, 2.75) is 25.6 Å². The Morgan fingerprint density at radius 2 is 1.88 bits per heavy atom. The summed E-state index contributed by atoms with van der Waals surface area (Å²) in [5.41, 5.74) is 0.425. The number of hydrogen-bond acceptors (Lipinski definition) is 2.